The zero-order valence-corrected chi connectivity index (χ0v) is 11.2. The lowest BCUT2D eigenvalue weighted by Gasteiger charge is -2.04. The minimum Gasteiger partial charge on any atom is -0.484 e. The van der Waals surface area contributed by atoms with Crippen molar-refractivity contribution in [1.82, 2.24) is 0 Å². The lowest BCUT2D eigenvalue weighted by atomic mass is 10.2. The maximum absolute atomic E-state index is 11.3. The number of carbonyl (C=O) groups excluding carboxylic acids is 1. The van der Waals surface area contributed by atoms with E-state index in [9.17, 15) is 13.2 Å². The third-order valence-corrected chi connectivity index (χ3v) is 4.78. The second kappa shape index (κ2) is 4.68. The van der Waals surface area contributed by atoms with Gasteiger partial charge in [-0.1, -0.05) is 12.1 Å². The van der Waals surface area contributed by atoms with Gasteiger partial charge < -0.3 is 4.74 Å². The number of ketones is 1. The van der Waals surface area contributed by atoms with Crippen LogP contribution in [0, 0.1) is 0 Å². The van der Waals surface area contributed by atoms with Gasteiger partial charge in [0, 0.05) is 0 Å². The predicted molar refractivity (Wildman–Crippen MR) is 69.4 cm³/mol. The van der Waals surface area contributed by atoms with E-state index in [1.54, 1.807) is 18.2 Å². The van der Waals surface area contributed by atoms with Crippen LogP contribution in [0.1, 0.15) is 6.92 Å². The summed E-state index contributed by atoms with van der Waals surface area (Å²) in [5.41, 5.74) is 0. The molecule has 0 atom stereocenters. The van der Waals surface area contributed by atoms with Crippen molar-refractivity contribution >= 4 is 37.2 Å². The summed E-state index contributed by atoms with van der Waals surface area (Å²) in [4.78, 5) is 10.9. The molecule has 0 spiro atoms. The first-order chi connectivity index (χ1) is 8.38. The van der Waals surface area contributed by atoms with Crippen LogP contribution in [0.15, 0.2) is 28.5 Å². The summed E-state index contributed by atoms with van der Waals surface area (Å²) >= 11 is 1.03. The Morgan fingerprint density at radius 3 is 2.78 bits per heavy atom. The molecule has 0 aliphatic heterocycles. The van der Waals surface area contributed by atoms with Crippen molar-refractivity contribution in [2.24, 2.45) is 5.14 Å². The molecular formula is C11H11NO4S2. The van der Waals surface area contributed by atoms with E-state index in [1.165, 1.54) is 13.0 Å². The molecule has 1 heterocycles. The standard InChI is InChI=1S/C11H11NO4S2/c1-7(13)6-16-9-4-2-3-8-5-10(17-11(8)9)18(12,14)15/h2-5H,6H2,1H3,(H2,12,14,15). The average Bonchev–Trinajstić information content (AvgIpc) is 2.69. The number of ether oxygens (including phenoxy) is 1. The Hall–Kier alpha value is -1.44. The first-order valence-corrected chi connectivity index (χ1v) is 7.42. The molecule has 0 amide bonds. The molecule has 0 aliphatic rings. The zero-order chi connectivity index (χ0) is 13.3. The van der Waals surface area contributed by atoms with Crippen molar-refractivity contribution in [2.45, 2.75) is 11.1 Å². The van der Waals surface area contributed by atoms with E-state index >= 15 is 0 Å². The van der Waals surface area contributed by atoms with E-state index in [0.717, 1.165) is 16.7 Å². The molecule has 1 aromatic carbocycles. The van der Waals surface area contributed by atoms with Gasteiger partial charge in [0.05, 0.1) is 4.70 Å². The Kier molecular flexibility index (Phi) is 3.38. The number of thiophene rings is 1. The average molecular weight is 285 g/mol. The van der Waals surface area contributed by atoms with Gasteiger partial charge in [0.2, 0.25) is 10.0 Å². The summed E-state index contributed by atoms with van der Waals surface area (Å²) in [5, 5.41) is 5.81. The Balaban J connectivity index is 2.49. The minimum absolute atomic E-state index is 0.0400. The van der Waals surface area contributed by atoms with Gasteiger partial charge in [-0.3, -0.25) is 4.79 Å². The highest BCUT2D eigenvalue weighted by molar-refractivity contribution is 7.91. The fraction of sp³-hybridized carbons (Fsp3) is 0.182. The number of benzene rings is 1. The summed E-state index contributed by atoms with van der Waals surface area (Å²) in [5.74, 6) is 0.387. The van der Waals surface area contributed by atoms with E-state index < -0.39 is 10.0 Å². The van der Waals surface area contributed by atoms with Crippen LogP contribution in [0.3, 0.4) is 0 Å². The molecule has 0 saturated carbocycles. The smallest absolute Gasteiger partial charge is 0.247 e. The molecule has 0 fully saturated rings. The van der Waals surface area contributed by atoms with Gasteiger partial charge in [0.25, 0.3) is 0 Å². The van der Waals surface area contributed by atoms with Crippen molar-refractivity contribution in [3.63, 3.8) is 0 Å². The summed E-state index contributed by atoms with van der Waals surface area (Å²) in [7, 11) is -3.72. The molecule has 0 aliphatic carbocycles. The first-order valence-electron chi connectivity index (χ1n) is 5.05. The molecule has 0 bridgehead atoms. The normalized spacial score (nSPS) is 11.7. The Labute approximate surface area is 108 Å². The Bertz CT molecular complexity index is 703. The molecule has 96 valence electrons. The summed E-state index contributed by atoms with van der Waals surface area (Å²) in [6.45, 7) is 1.38. The zero-order valence-electron chi connectivity index (χ0n) is 9.54. The van der Waals surface area contributed by atoms with Crippen molar-refractivity contribution in [3.05, 3.63) is 24.3 Å². The van der Waals surface area contributed by atoms with E-state index in [4.69, 9.17) is 9.88 Å². The lowest BCUT2D eigenvalue weighted by Crippen LogP contribution is -2.09. The van der Waals surface area contributed by atoms with Crippen molar-refractivity contribution < 1.29 is 17.9 Å². The van der Waals surface area contributed by atoms with Crippen LogP contribution < -0.4 is 9.88 Å². The molecule has 0 unspecified atom stereocenters. The van der Waals surface area contributed by atoms with Crippen LogP contribution in [0.5, 0.6) is 5.75 Å². The highest BCUT2D eigenvalue weighted by atomic mass is 32.2. The Morgan fingerprint density at radius 1 is 1.44 bits per heavy atom. The third kappa shape index (κ3) is 2.69. The number of hydrogen-bond acceptors (Lipinski definition) is 5. The van der Waals surface area contributed by atoms with E-state index in [1.807, 2.05) is 0 Å². The van der Waals surface area contributed by atoms with Gasteiger partial charge in [-0.05, 0) is 24.4 Å². The quantitative estimate of drug-likeness (QED) is 0.922. The van der Waals surface area contributed by atoms with E-state index in [2.05, 4.69) is 0 Å². The Morgan fingerprint density at radius 2 is 2.17 bits per heavy atom. The third-order valence-electron chi connectivity index (χ3n) is 2.20. The van der Waals surface area contributed by atoms with Gasteiger partial charge >= 0.3 is 0 Å². The minimum atomic E-state index is -3.72. The van der Waals surface area contributed by atoms with Crippen LogP contribution >= 0.6 is 11.3 Å². The van der Waals surface area contributed by atoms with Crippen molar-refractivity contribution in [3.8, 4) is 5.75 Å². The summed E-state index contributed by atoms with van der Waals surface area (Å²) < 4.78 is 28.6. The second-order valence-corrected chi connectivity index (χ2v) is 6.62. The molecule has 7 heteroatoms. The topological polar surface area (TPSA) is 86.5 Å². The van der Waals surface area contributed by atoms with Gasteiger partial charge in [0.15, 0.2) is 5.78 Å². The van der Waals surface area contributed by atoms with Crippen LogP contribution in [-0.4, -0.2) is 20.8 Å². The van der Waals surface area contributed by atoms with Gasteiger partial charge in [-0.2, -0.15) is 0 Å². The number of sulfonamides is 1. The molecule has 0 saturated heterocycles. The fourth-order valence-corrected chi connectivity index (χ4v) is 3.31. The lowest BCUT2D eigenvalue weighted by molar-refractivity contribution is -0.118. The van der Waals surface area contributed by atoms with Gasteiger partial charge in [0.1, 0.15) is 16.6 Å². The highest BCUT2D eigenvalue weighted by Crippen LogP contribution is 2.35. The fourth-order valence-electron chi connectivity index (χ4n) is 1.45. The molecule has 5 nitrogen and oxygen atoms in total. The maximum atomic E-state index is 11.3. The SMILES string of the molecule is CC(=O)COc1cccc2cc(S(N)(=O)=O)sc12. The molecule has 1 aromatic heterocycles. The molecule has 0 radical (unpaired) electrons. The molecule has 18 heavy (non-hydrogen) atoms. The largest absolute Gasteiger partial charge is 0.484 e. The monoisotopic (exact) mass is 285 g/mol. The van der Waals surface area contributed by atoms with E-state index in [-0.39, 0.29) is 16.6 Å². The number of Topliss-reactive ketones (excluding diaryl/α,β-unsaturated/α-hetero) is 1. The number of hydrogen-bond donors (Lipinski definition) is 1. The number of nitrogens with two attached hydrogens (primary N) is 1. The van der Waals surface area contributed by atoms with Crippen LogP contribution in [0.25, 0.3) is 10.1 Å². The van der Waals surface area contributed by atoms with E-state index in [0.29, 0.717) is 10.4 Å². The van der Waals surface area contributed by atoms with Crippen LogP contribution in [-0.2, 0) is 14.8 Å². The molecular weight excluding hydrogens is 274 g/mol. The molecule has 2 rings (SSSR count). The summed E-state index contributed by atoms with van der Waals surface area (Å²) in [6, 6.07) is 6.68. The van der Waals surface area contributed by atoms with Crippen LogP contribution in [0.4, 0.5) is 0 Å². The number of fused-ring (bicyclic) bond motifs is 1. The van der Waals surface area contributed by atoms with Crippen molar-refractivity contribution in [2.75, 3.05) is 6.61 Å². The number of primary sulfonamides is 1. The summed E-state index contributed by atoms with van der Waals surface area (Å²) in [6.07, 6.45) is 0. The second-order valence-electron chi connectivity index (χ2n) is 3.78. The molecule has 2 N–H and O–H groups in total. The highest BCUT2D eigenvalue weighted by Gasteiger charge is 2.14. The molecule has 2 aromatic rings. The van der Waals surface area contributed by atoms with Gasteiger partial charge in [-0.25, -0.2) is 13.6 Å². The van der Waals surface area contributed by atoms with Crippen LogP contribution in [0.2, 0.25) is 0 Å². The number of rotatable bonds is 4. The predicted octanol–water partition coefficient (Wildman–Crippen LogP) is 1.52. The number of carbonyl (C=O) groups is 1. The van der Waals surface area contributed by atoms with Crippen molar-refractivity contribution in [1.29, 1.82) is 0 Å². The maximum Gasteiger partial charge on any atom is 0.247 e. The van der Waals surface area contributed by atoms with Gasteiger partial charge in [-0.15, -0.1) is 11.3 Å². The first kappa shape index (κ1) is 13.0.